The van der Waals surface area contributed by atoms with Crippen molar-refractivity contribution in [1.29, 1.82) is 0 Å². The number of imide groups is 1. The third-order valence-corrected chi connectivity index (χ3v) is 4.92. The molecule has 0 radical (unpaired) electrons. The number of fused-ring (bicyclic) bond motifs is 5. The van der Waals surface area contributed by atoms with E-state index in [1.807, 2.05) is 0 Å². The third-order valence-electron chi connectivity index (χ3n) is 4.04. The molecule has 4 nitrogen and oxygen atoms in total. The van der Waals surface area contributed by atoms with Crippen LogP contribution in [0.3, 0.4) is 0 Å². The lowest BCUT2D eigenvalue weighted by Gasteiger charge is -2.16. The van der Waals surface area contributed by atoms with Gasteiger partial charge in [0.15, 0.2) is 0 Å². The van der Waals surface area contributed by atoms with Gasteiger partial charge in [-0.05, 0) is 18.6 Å². The Bertz CT molecular complexity index is 332. The van der Waals surface area contributed by atoms with Crippen LogP contribution in [0.15, 0.2) is 0 Å². The highest BCUT2D eigenvalue weighted by atomic mass is 32.2. The topological polar surface area (TPSA) is 46.6 Å². The van der Waals surface area contributed by atoms with Crippen LogP contribution in [-0.4, -0.2) is 47.0 Å². The van der Waals surface area contributed by atoms with Crippen molar-refractivity contribution in [2.24, 2.45) is 11.8 Å². The van der Waals surface area contributed by atoms with Gasteiger partial charge in [0, 0.05) is 12.3 Å². The first kappa shape index (κ1) is 11.5. The molecule has 0 N–H and O–H groups in total. The van der Waals surface area contributed by atoms with E-state index < -0.39 is 0 Å². The number of rotatable bonds is 4. The molecule has 3 aliphatic heterocycles. The molecule has 2 bridgehead atoms. The normalized spacial score (nSPS) is 39.2. The molecule has 0 aromatic carbocycles. The maximum absolute atomic E-state index is 12.2. The fourth-order valence-electron chi connectivity index (χ4n) is 3.29. The Kier molecular flexibility index (Phi) is 2.91. The third kappa shape index (κ3) is 1.63. The molecule has 5 heteroatoms. The molecular weight excluding hydrogens is 238 g/mol. The van der Waals surface area contributed by atoms with Crippen LogP contribution < -0.4 is 0 Å². The molecule has 0 saturated carbocycles. The van der Waals surface area contributed by atoms with Gasteiger partial charge in [0.1, 0.15) is 0 Å². The Morgan fingerprint density at radius 1 is 1.24 bits per heavy atom. The predicted octanol–water partition coefficient (Wildman–Crippen LogP) is 0.902. The number of ether oxygens (including phenoxy) is 1. The lowest BCUT2D eigenvalue weighted by molar-refractivity contribution is -0.142. The van der Waals surface area contributed by atoms with Gasteiger partial charge < -0.3 is 4.74 Å². The van der Waals surface area contributed by atoms with Crippen LogP contribution in [-0.2, 0) is 14.3 Å². The number of hydrogen-bond acceptors (Lipinski definition) is 4. The van der Waals surface area contributed by atoms with Crippen LogP contribution in [0.25, 0.3) is 0 Å². The van der Waals surface area contributed by atoms with Gasteiger partial charge in [-0.2, -0.15) is 11.8 Å². The van der Waals surface area contributed by atoms with Gasteiger partial charge in [-0.15, -0.1) is 0 Å². The van der Waals surface area contributed by atoms with Crippen molar-refractivity contribution in [3.8, 4) is 0 Å². The standard InChI is InChI=1S/C12H17NO3S/c1-2-17-6-5-13-11(14)9-7-3-4-8(16-7)10(9)12(13)15/h7-10H,2-6H2,1H3/t7-,8+,9-,10-/m0/s1. The van der Waals surface area contributed by atoms with E-state index in [1.54, 1.807) is 11.8 Å². The van der Waals surface area contributed by atoms with E-state index in [9.17, 15) is 9.59 Å². The Morgan fingerprint density at radius 2 is 1.82 bits per heavy atom. The van der Waals surface area contributed by atoms with Crippen molar-refractivity contribution >= 4 is 23.6 Å². The average molecular weight is 255 g/mol. The van der Waals surface area contributed by atoms with E-state index >= 15 is 0 Å². The van der Waals surface area contributed by atoms with Crippen LogP contribution in [0.1, 0.15) is 19.8 Å². The monoisotopic (exact) mass is 255 g/mol. The van der Waals surface area contributed by atoms with E-state index in [-0.39, 0.29) is 35.9 Å². The predicted molar refractivity (Wildman–Crippen MR) is 64.6 cm³/mol. The van der Waals surface area contributed by atoms with Gasteiger partial charge in [-0.25, -0.2) is 0 Å². The Labute approximate surface area is 105 Å². The Hall–Kier alpha value is -0.550. The van der Waals surface area contributed by atoms with Crippen molar-refractivity contribution in [2.75, 3.05) is 18.1 Å². The summed E-state index contributed by atoms with van der Waals surface area (Å²) in [5, 5.41) is 0. The zero-order valence-corrected chi connectivity index (χ0v) is 10.7. The molecule has 0 aromatic heterocycles. The Morgan fingerprint density at radius 3 is 2.35 bits per heavy atom. The van der Waals surface area contributed by atoms with Gasteiger partial charge in [0.25, 0.3) is 0 Å². The van der Waals surface area contributed by atoms with Gasteiger partial charge in [-0.3, -0.25) is 14.5 Å². The summed E-state index contributed by atoms with van der Waals surface area (Å²) in [5.74, 6) is 1.59. The lowest BCUT2D eigenvalue weighted by atomic mass is 9.81. The lowest BCUT2D eigenvalue weighted by Crippen LogP contribution is -2.35. The summed E-state index contributed by atoms with van der Waals surface area (Å²) in [7, 11) is 0. The van der Waals surface area contributed by atoms with Crippen molar-refractivity contribution < 1.29 is 14.3 Å². The van der Waals surface area contributed by atoms with Crippen molar-refractivity contribution in [2.45, 2.75) is 32.0 Å². The second-order valence-corrected chi connectivity index (χ2v) is 6.26. The van der Waals surface area contributed by atoms with E-state index in [4.69, 9.17) is 4.74 Å². The fourth-order valence-corrected chi connectivity index (χ4v) is 3.89. The van der Waals surface area contributed by atoms with E-state index in [2.05, 4.69) is 6.92 Å². The number of carbonyl (C=O) groups is 2. The highest BCUT2D eigenvalue weighted by Gasteiger charge is 2.62. The minimum Gasteiger partial charge on any atom is -0.373 e. The molecule has 0 unspecified atom stereocenters. The zero-order chi connectivity index (χ0) is 12.0. The smallest absolute Gasteiger partial charge is 0.235 e. The van der Waals surface area contributed by atoms with Gasteiger partial charge in [0.05, 0.1) is 24.0 Å². The quantitative estimate of drug-likeness (QED) is 0.553. The first-order valence-electron chi connectivity index (χ1n) is 6.32. The number of carbonyl (C=O) groups excluding carboxylic acids is 2. The molecule has 0 spiro atoms. The van der Waals surface area contributed by atoms with Crippen molar-refractivity contribution in [1.82, 2.24) is 4.90 Å². The summed E-state index contributed by atoms with van der Waals surface area (Å²) in [6, 6.07) is 0. The van der Waals surface area contributed by atoms with E-state index in [1.165, 1.54) is 4.90 Å². The SMILES string of the molecule is CCSCCN1C(=O)[C@@H]2[C@@H](C1=O)[C@H]1CC[C@@H]2O1. The summed E-state index contributed by atoms with van der Waals surface area (Å²) < 4.78 is 5.68. The van der Waals surface area contributed by atoms with Crippen LogP contribution in [0.4, 0.5) is 0 Å². The molecule has 2 amide bonds. The summed E-state index contributed by atoms with van der Waals surface area (Å²) in [6.07, 6.45) is 1.93. The summed E-state index contributed by atoms with van der Waals surface area (Å²) >= 11 is 1.77. The highest BCUT2D eigenvalue weighted by molar-refractivity contribution is 7.99. The molecule has 3 heterocycles. The second-order valence-electron chi connectivity index (χ2n) is 4.87. The molecule has 17 heavy (non-hydrogen) atoms. The molecule has 94 valence electrons. The summed E-state index contributed by atoms with van der Waals surface area (Å²) in [5.41, 5.74) is 0. The second kappa shape index (κ2) is 4.28. The van der Waals surface area contributed by atoms with E-state index in [0.717, 1.165) is 24.3 Å². The van der Waals surface area contributed by atoms with Gasteiger partial charge in [0.2, 0.25) is 11.8 Å². The maximum atomic E-state index is 12.2. The first-order chi connectivity index (χ1) is 8.24. The molecule has 0 aliphatic carbocycles. The van der Waals surface area contributed by atoms with Crippen LogP contribution >= 0.6 is 11.8 Å². The number of nitrogens with zero attached hydrogens (tertiary/aromatic N) is 1. The maximum Gasteiger partial charge on any atom is 0.235 e. The van der Waals surface area contributed by atoms with Gasteiger partial charge in [-0.1, -0.05) is 6.92 Å². The number of likely N-dealkylation sites (tertiary alicyclic amines) is 1. The molecular formula is C12H17NO3S. The average Bonchev–Trinajstić information content (AvgIpc) is 2.97. The minimum absolute atomic E-state index is 0.0175. The largest absolute Gasteiger partial charge is 0.373 e. The number of thioether (sulfide) groups is 1. The molecule has 3 aliphatic rings. The minimum atomic E-state index is -0.159. The number of hydrogen-bond donors (Lipinski definition) is 0. The molecule has 3 rings (SSSR count). The number of amides is 2. The zero-order valence-electron chi connectivity index (χ0n) is 9.93. The molecule has 4 atom stereocenters. The molecule has 3 fully saturated rings. The summed E-state index contributed by atoms with van der Waals surface area (Å²) in [4.78, 5) is 25.9. The Balaban J connectivity index is 1.72. The molecule has 3 saturated heterocycles. The fraction of sp³-hybridized carbons (Fsp3) is 0.833. The van der Waals surface area contributed by atoms with Crippen molar-refractivity contribution in [3.63, 3.8) is 0 Å². The summed E-state index contributed by atoms with van der Waals surface area (Å²) in [6.45, 7) is 2.66. The first-order valence-corrected chi connectivity index (χ1v) is 7.48. The van der Waals surface area contributed by atoms with Crippen LogP contribution in [0.5, 0.6) is 0 Å². The van der Waals surface area contributed by atoms with E-state index in [0.29, 0.717) is 6.54 Å². The van der Waals surface area contributed by atoms with Crippen LogP contribution in [0, 0.1) is 11.8 Å². The molecule has 0 aromatic rings. The van der Waals surface area contributed by atoms with Gasteiger partial charge >= 0.3 is 0 Å². The van der Waals surface area contributed by atoms with Crippen LogP contribution in [0.2, 0.25) is 0 Å². The highest BCUT2D eigenvalue weighted by Crippen LogP contribution is 2.48. The van der Waals surface area contributed by atoms with Crippen molar-refractivity contribution in [3.05, 3.63) is 0 Å².